The van der Waals surface area contributed by atoms with Crippen LogP contribution >= 0.6 is 15.6 Å². The van der Waals surface area contributed by atoms with E-state index in [1.807, 2.05) is 12.2 Å². The van der Waals surface area contributed by atoms with Gasteiger partial charge in [0.2, 0.25) is 0 Å². The van der Waals surface area contributed by atoms with E-state index < -0.39 is 97.5 Å². The molecule has 0 fully saturated rings. The summed E-state index contributed by atoms with van der Waals surface area (Å²) in [7, 11) is -9.98. The van der Waals surface area contributed by atoms with Gasteiger partial charge in [-0.3, -0.25) is 37.3 Å². The zero-order chi connectivity index (χ0) is 74.6. The van der Waals surface area contributed by atoms with Crippen molar-refractivity contribution in [3.8, 4) is 0 Å². The summed E-state index contributed by atoms with van der Waals surface area (Å²) in [4.78, 5) is 73.0. The van der Waals surface area contributed by atoms with Crippen molar-refractivity contribution >= 4 is 39.5 Å². The van der Waals surface area contributed by atoms with Crippen molar-refractivity contribution in [1.82, 2.24) is 0 Å². The molecule has 586 valence electrons. The van der Waals surface area contributed by atoms with E-state index in [-0.39, 0.29) is 25.7 Å². The molecule has 0 spiro atoms. The van der Waals surface area contributed by atoms with Crippen LogP contribution in [0, 0.1) is 0 Å². The highest BCUT2D eigenvalue weighted by Crippen LogP contribution is 2.45. The molecule has 5 unspecified atom stereocenters. The zero-order valence-corrected chi connectivity index (χ0v) is 65.8. The molecule has 19 heteroatoms. The van der Waals surface area contributed by atoms with Crippen molar-refractivity contribution in [3.05, 3.63) is 122 Å². The molecule has 0 aromatic carbocycles. The van der Waals surface area contributed by atoms with Crippen LogP contribution in [0.15, 0.2) is 122 Å². The summed E-state index contributed by atoms with van der Waals surface area (Å²) in [6, 6.07) is 0. The summed E-state index contributed by atoms with van der Waals surface area (Å²) in [6.45, 7) is 4.56. The summed E-state index contributed by atoms with van der Waals surface area (Å²) in [5, 5.41) is 10.6. The lowest BCUT2D eigenvalue weighted by Gasteiger charge is -2.21. The molecule has 5 atom stereocenters. The normalized spacial score (nSPS) is 14.5. The highest BCUT2D eigenvalue weighted by atomic mass is 31.2. The molecule has 0 aliphatic rings. The fourth-order valence-corrected chi connectivity index (χ4v) is 12.0. The Hall–Kier alpha value is -4.54. The van der Waals surface area contributed by atoms with Crippen LogP contribution < -0.4 is 0 Å². The summed E-state index contributed by atoms with van der Waals surface area (Å²) >= 11 is 0. The third-order valence-corrected chi connectivity index (χ3v) is 18.3. The molecule has 0 amide bonds. The second-order valence-electron chi connectivity index (χ2n) is 26.2. The Labute approximate surface area is 619 Å². The van der Waals surface area contributed by atoms with Crippen molar-refractivity contribution in [2.24, 2.45) is 0 Å². The number of aliphatic hydroxyl groups is 1. The molecule has 0 aromatic rings. The highest BCUT2D eigenvalue weighted by Gasteiger charge is 2.30. The number of unbranched alkanes of at least 4 members (excludes halogenated alkanes) is 28. The molecule has 3 N–H and O–H groups in total. The molecule has 0 saturated carbocycles. The first-order chi connectivity index (χ1) is 49.7. The highest BCUT2D eigenvalue weighted by molar-refractivity contribution is 7.47. The number of rotatable bonds is 74. The number of hydrogen-bond acceptors (Lipinski definition) is 15. The number of aliphatic hydroxyl groups excluding tert-OH is 1. The molecule has 0 heterocycles. The Morgan fingerprint density at radius 2 is 0.520 bits per heavy atom. The Balaban J connectivity index is 5.41. The van der Waals surface area contributed by atoms with Crippen LogP contribution in [0.25, 0.3) is 0 Å². The van der Waals surface area contributed by atoms with E-state index in [1.54, 1.807) is 0 Å². The van der Waals surface area contributed by atoms with Crippen LogP contribution in [0.1, 0.15) is 323 Å². The second-order valence-corrected chi connectivity index (χ2v) is 29.2. The average molecular weight is 1470 g/mol. The average Bonchev–Trinajstić information content (AvgIpc) is 0.939. The summed E-state index contributed by atoms with van der Waals surface area (Å²) < 4.78 is 68.5. The number of esters is 4. The lowest BCUT2D eigenvalue weighted by Crippen LogP contribution is -2.30. The van der Waals surface area contributed by atoms with Crippen molar-refractivity contribution in [2.75, 3.05) is 39.6 Å². The SMILES string of the molecule is CC/C=C\C/C=C\C/C=C\C/C=C\C/C=C\CCCC(=O)OCC(COP(=O)(O)OCC(O)COP(=O)(O)OCC(COC(=O)CCCCCC/C=C\C/C=C\C/C=C\C/C=C\CC)OC(=O)CCCCCCC/C=C\CCCCCC)OC(=O)CCCCCCCCCCCCCCCCC. The third kappa shape index (κ3) is 73.8. The first kappa shape index (κ1) is 97.5. The van der Waals surface area contributed by atoms with Crippen LogP contribution in [-0.2, 0) is 65.4 Å². The summed E-state index contributed by atoms with van der Waals surface area (Å²) in [5.41, 5.74) is 0. The molecule has 17 nitrogen and oxygen atoms in total. The second kappa shape index (κ2) is 74.7. The van der Waals surface area contributed by atoms with Crippen molar-refractivity contribution in [1.29, 1.82) is 0 Å². The molecule has 0 aliphatic carbocycles. The molecular weight excluding hydrogens is 1330 g/mol. The Morgan fingerprint density at radius 1 is 0.284 bits per heavy atom. The van der Waals surface area contributed by atoms with Crippen LogP contribution in [0.3, 0.4) is 0 Å². The molecule has 0 rings (SSSR count). The Bertz CT molecular complexity index is 2410. The maximum atomic E-state index is 13.1. The van der Waals surface area contributed by atoms with Crippen molar-refractivity contribution in [2.45, 2.75) is 341 Å². The maximum Gasteiger partial charge on any atom is 0.472 e. The summed E-state index contributed by atoms with van der Waals surface area (Å²) in [6.07, 6.45) is 81.8. The van der Waals surface area contributed by atoms with E-state index in [9.17, 15) is 43.2 Å². The van der Waals surface area contributed by atoms with Gasteiger partial charge in [0.15, 0.2) is 12.2 Å². The number of allylic oxidation sites excluding steroid dienone is 20. The number of hydrogen-bond donors (Lipinski definition) is 3. The first-order valence-corrected chi connectivity index (χ1v) is 42.8. The van der Waals surface area contributed by atoms with Gasteiger partial charge < -0.3 is 33.8 Å². The van der Waals surface area contributed by atoms with Gasteiger partial charge in [0.25, 0.3) is 0 Å². The fourth-order valence-electron chi connectivity index (χ4n) is 10.4. The Kier molecular flexibility index (Phi) is 71.4. The van der Waals surface area contributed by atoms with Crippen molar-refractivity contribution < 1.29 is 80.2 Å². The molecule has 102 heavy (non-hydrogen) atoms. The smallest absolute Gasteiger partial charge is 0.462 e. The molecule has 0 radical (unpaired) electrons. The minimum Gasteiger partial charge on any atom is -0.462 e. The lowest BCUT2D eigenvalue weighted by atomic mass is 10.0. The van der Waals surface area contributed by atoms with Crippen LogP contribution in [0.4, 0.5) is 0 Å². The number of phosphoric acid groups is 2. The first-order valence-electron chi connectivity index (χ1n) is 39.8. The van der Waals surface area contributed by atoms with Crippen LogP contribution in [0.2, 0.25) is 0 Å². The molecule has 0 aliphatic heterocycles. The predicted octanol–water partition coefficient (Wildman–Crippen LogP) is 23.1. The van der Waals surface area contributed by atoms with Gasteiger partial charge in [-0.1, -0.05) is 290 Å². The van der Waals surface area contributed by atoms with E-state index >= 15 is 0 Å². The largest absolute Gasteiger partial charge is 0.472 e. The number of carbonyl (C=O) groups excluding carboxylic acids is 4. The van der Waals surface area contributed by atoms with Gasteiger partial charge in [0.05, 0.1) is 26.4 Å². The monoisotopic (exact) mass is 1470 g/mol. The maximum absolute atomic E-state index is 13.1. The van der Waals surface area contributed by atoms with Gasteiger partial charge in [0.1, 0.15) is 19.3 Å². The van der Waals surface area contributed by atoms with E-state index in [0.29, 0.717) is 32.1 Å². The molecular formula is C83H142O17P2. The van der Waals surface area contributed by atoms with Crippen LogP contribution in [0.5, 0.6) is 0 Å². The quantitative estimate of drug-likeness (QED) is 0.0169. The number of ether oxygens (including phenoxy) is 4. The Morgan fingerprint density at radius 3 is 0.843 bits per heavy atom. The molecule has 0 bridgehead atoms. The number of carbonyl (C=O) groups is 4. The van der Waals surface area contributed by atoms with E-state index in [4.69, 9.17) is 37.0 Å². The van der Waals surface area contributed by atoms with Gasteiger partial charge in [-0.15, -0.1) is 0 Å². The molecule has 0 saturated heterocycles. The van der Waals surface area contributed by atoms with Crippen LogP contribution in [-0.4, -0.2) is 96.7 Å². The lowest BCUT2D eigenvalue weighted by molar-refractivity contribution is -0.161. The third-order valence-electron chi connectivity index (χ3n) is 16.4. The minimum atomic E-state index is -4.99. The predicted molar refractivity (Wildman–Crippen MR) is 418 cm³/mol. The van der Waals surface area contributed by atoms with E-state index in [2.05, 4.69) is 137 Å². The standard InChI is InChI=1S/C83H142O17P2/c1-5-9-13-17-21-25-29-33-36-38-41-44-47-51-55-59-63-67-80(85)93-73-78(99-82(87)69-65-61-57-53-49-43-32-28-24-20-16-12-8-4)75-97-101(89,90)95-71-77(84)72-96-102(91,92)98-76-79(100-83(88)70-66-62-58-54-50-46-40-35-31-27-23-19-15-11-7-3)74-94-81(86)68-64-60-56-52-48-45-42-39-37-34-30-26-22-18-14-10-6-2/h9-10,13-14,21-22,25-26,28,32-34,36-37,41-42,44-45,52,56,77-79,84H,5-8,11-12,15-20,23-24,27,29-31,35,38-40,43,46-51,53-55,57-76H2,1-4H3,(H,89,90)(H,91,92)/b13-9-,14-10-,25-21-,26-22-,32-28-,36-33-,37-34-,44-41-,45-42-,56-52-. The number of phosphoric ester groups is 2. The van der Waals surface area contributed by atoms with Gasteiger partial charge in [-0.05, 0) is 128 Å². The van der Waals surface area contributed by atoms with E-state index in [1.165, 1.54) is 89.9 Å². The van der Waals surface area contributed by atoms with Crippen molar-refractivity contribution in [3.63, 3.8) is 0 Å². The van der Waals surface area contributed by atoms with Gasteiger partial charge in [-0.25, -0.2) is 9.13 Å². The van der Waals surface area contributed by atoms with Gasteiger partial charge in [0, 0.05) is 25.7 Å². The summed E-state index contributed by atoms with van der Waals surface area (Å²) in [5.74, 6) is -2.27. The fraction of sp³-hybridized carbons (Fsp3) is 0.711. The minimum absolute atomic E-state index is 0.0766. The topological polar surface area (TPSA) is 237 Å². The van der Waals surface area contributed by atoms with Gasteiger partial charge in [-0.2, -0.15) is 0 Å². The van der Waals surface area contributed by atoms with Gasteiger partial charge >= 0.3 is 39.5 Å². The zero-order valence-electron chi connectivity index (χ0n) is 64.0. The van der Waals surface area contributed by atoms with E-state index in [0.717, 1.165) is 148 Å². The molecule has 0 aromatic heterocycles.